The summed E-state index contributed by atoms with van der Waals surface area (Å²) in [5.74, 6) is 0.901. The topological polar surface area (TPSA) is 100 Å². The normalized spacial score (nSPS) is 17.8. The van der Waals surface area contributed by atoms with Gasteiger partial charge in [-0.15, -0.1) is 0 Å². The molecule has 144 valence electrons. The highest BCUT2D eigenvalue weighted by Crippen LogP contribution is 2.29. The highest BCUT2D eigenvalue weighted by Gasteiger charge is 2.22. The molecule has 8 nitrogen and oxygen atoms in total. The van der Waals surface area contributed by atoms with Gasteiger partial charge in [-0.05, 0) is 32.0 Å². The molecule has 1 unspecified atom stereocenters. The smallest absolute Gasteiger partial charge is 0.325 e. The molecule has 2 aromatic rings. The number of urea groups is 1. The van der Waals surface area contributed by atoms with Crippen LogP contribution in [0.4, 0.5) is 16.3 Å². The first-order valence-electron chi connectivity index (χ1n) is 8.78. The Morgan fingerprint density at radius 2 is 2.15 bits per heavy atom. The van der Waals surface area contributed by atoms with E-state index in [-0.39, 0.29) is 12.1 Å². The molecule has 0 aliphatic carbocycles. The van der Waals surface area contributed by atoms with Crippen LogP contribution in [-0.2, 0) is 0 Å². The molecule has 1 saturated heterocycles. The fourth-order valence-electron chi connectivity index (χ4n) is 2.72. The third-order valence-electron chi connectivity index (χ3n) is 4.16. The molecule has 27 heavy (non-hydrogen) atoms. The van der Waals surface area contributed by atoms with Gasteiger partial charge < -0.3 is 20.7 Å². The summed E-state index contributed by atoms with van der Waals surface area (Å²) in [7, 11) is 0. The average molecular weight is 391 g/mol. The molecule has 0 spiro atoms. The molecular formula is C18H23ClN6O2. The summed E-state index contributed by atoms with van der Waals surface area (Å²) in [5.41, 5.74) is 1.25. The zero-order chi connectivity index (χ0) is 19.2. The molecule has 1 aliphatic heterocycles. The van der Waals surface area contributed by atoms with Gasteiger partial charge in [-0.3, -0.25) is 10.3 Å². The molecule has 2 amide bonds. The van der Waals surface area contributed by atoms with E-state index in [0.29, 0.717) is 22.3 Å². The zero-order valence-corrected chi connectivity index (χ0v) is 16.0. The second-order valence-corrected chi connectivity index (χ2v) is 6.79. The third-order valence-corrected chi connectivity index (χ3v) is 4.40. The number of benzene rings is 1. The second-order valence-electron chi connectivity index (χ2n) is 6.35. The van der Waals surface area contributed by atoms with Gasteiger partial charge in [-0.1, -0.05) is 11.6 Å². The van der Waals surface area contributed by atoms with Crippen molar-refractivity contribution in [3.05, 3.63) is 41.3 Å². The van der Waals surface area contributed by atoms with Gasteiger partial charge in [0.05, 0.1) is 29.8 Å². The Hall–Kier alpha value is -2.42. The minimum Gasteiger partial charge on any atom is -0.487 e. The Labute approximate surface area is 163 Å². The molecule has 1 aromatic carbocycles. The van der Waals surface area contributed by atoms with Crippen LogP contribution in [0, 0.1) is 6.92 Å². The van der Waals surface area contributed by atoms with Crippen LogP contribution in [0.5, 0.6) is 5.75 Å². The Balaban J connectivity index is 1.67. The summed E-state index contributed by atoms with van der Waals surface area (Å²) in [6.45, 7) is 6.47. The number of aryl methyl sites for hydroxylation is 1. The average Bonchev–Trinajstić information content (AvgIpc) is 2.66. The predicted molar refractivity (Wildman–Crippen MR) is 106 cm³/mol. The van der Waals surface area contributed by atoms with E-state index >= 15 is 0 Å². The van der Waals surface area contributed by atoms with Gasteiger partial charge in [-0.25, -0.2) is 9.78 Å². The van der Waals surface area contributed by atoms with E-state index in [1.54, 1.807) is 24.4 Å². The lowest BCUT2D eigenvalue weighted by Crippen LogP contribution is -2.54. The molecular weight excluding hydrogens is 368 g/mol. The lowest BCUT2D eigenvalue weighted by molar-refractivity contribution is 0.160. The molecule has 1 aliphatic rings. The van der Waals surface area contributed by atoms with Gasteiger partial charge in [0.2, 0.25) is 0 Å². The van der Waals surface area contributed by atoms with Crippen LogP contribution in [0.1, 0.15) is 12.6 Å². The monoisotopic (exact) mass is 390 g/mol. The van der Waals surface area contributed by atoms with E-state index in [9.17, 15) is 4.79 Å². The second kappa shape index (κ2) is 8.98. The summed E-state index contributed by atoms with van der Waals surface area (Å²) in [5, 5.41) is 12.6. The van der Waals surface area contributed by atoms with E-state index in [4.69, 9.17) is 16.3 Å². The number of rotatable bonds is 5. The van der Waals surface area contributed by atoms with Gasteiger partial charge in [0.25, 0.3) is 0 Å². The van der Waals surface area contributed by atoms with Crippen LogP contribution < -0.4 is 26.0 Å². The van der Waals surface area contributed by atoms with Gasteiger partial charge in [0, 0.05) is 24.7 Å². The van der Waals surface area contributed by atoms with Crippen molar-refractivity contribution in [2.45, 2.75) is 26.0 Å². The van der Waals surface area contributed by atoms with Crippen molar-refractivity contribution in [1.82, 2.24) is 20.6 Å². The number of carbonyl (C=O) groups is 1. The highest BCUT2D eigenvalue weighted by atomic mass is 35.5. The number of aromatic nitrogens is 2. The summed E-state index contributed by atoms with van der Waals surface area (Å²) in [4.78, 5) is 20.5. The maximum Gasteiger partial charge on any atom is 0.325 e. The number of anilines is 2. The highest BCUT2D eigenvalue weighted by molar-refractivity contribution is 6.31. The Bertz CT molecular complexity index is 780. The Morgan fingerprint density at radius 3 is 2.85 bits per heavy atom. The van der Waals surface area contributed by atoms with E-state index in [2.05, 4.69) is 31.2 Å². The lowest BCUT2D eigenvalue weighted by atomic mass is 10.1. The molecule has 0 saturated carbocycles. The molecule has 9 heteroatoms. The molecule has 0 radical (unpaired) electrons. The number of hydrogen-bond donors (Lipinski definition) is 4. The van der Waals surface area contributed by atoms with Crippen LogP contribution in [0.3, 0.4) is 0 Å². The first-order chi connectivity index (χ1) is 13.0. The van der Waals surface area contributed by atoms with E-state index < -0.39 is 6.03 Å². The fraction of sp³-hybridized carbons (Fsp3) is 0.389. The minimum absolute atomic E-state index is 0.0921. The summed E-state index contributed by atoms with van der Waals surface area (Å²) in [6.07, 6.45) is 2.98. The van der Waals surface area contributed by atoms with Gasteiger partial charge in [0.1, 0.15) is 11.9 Å². The molecule has 1 fully saturated rings. The van der Waals surface area contributed by atoms with Crippen molar-refractivity contribution < 1.29 is 9.53 Å². The Kier molecular flexibility index (Phi) is 6.44. The predicted octanol–water partition coefficient (Wildman–Crippen LogP) is 2.41. The van der Waals surface area contributed by atoms with E-state index in [1.165, 1.54) is 6.20 Å². The summed E-state index contributed by atoms with van der Waals surface area (Å²) in [6, 6.07) is 4.85. The van der Waals surface area contributed by atoms with Gasteiger partial charge in [-0.2, -0.15) is 0 Å². The maximum absolute atomic E-state index is 12.3. The van der Waals surface area contributed by atoms with Crippen molar-refractivity contribution >= 4 is 29.1 Å². The number of nitrogens with zero attached hydrogens (tertiary/aromatic N) is 2. The molecule has 2 heterocycles. The number of carbonyl (C=O) groups excluding carboxylic acids is 1. The third kappa shape index (κ3) is 5.53. The minimum atomic E-state index is -0.453. The first kappa shape index (κ1) is 19.3. The first-order valence-corrected chi connectivity index (χ1v) is 9.16. The van der Waals surface area contributed by atoms with Crippen LogP contribution in [0.15, 0.2) is 30.6 Å². The molecule has 1 aromatic heterocycles. The molecule has 0 bridgehead atoms. The number of hydrogen-bond acceptors (Lipinski definition) is 6. The molecule has 3 rings (SSSR count). The number of nitrogens with one attached hydrogen (secondary N) is 4. The molecule has 2 atom stereocenters. The summed E-state index contributed by atoms with van der Waals surface area (Å²) < 4.78 is 6.08. The summed E-state index contributed by atoms with van der Waals surface area (Å²) >= 11 is 6.09. The van der Waals surface area contributed by atoms with E-state index in [1.807, 2.05) is 13.8 Å². The largest absolute Gasteiger partial charge is 0.487 e. The van der Waals surface area contributed by atoms with Gasteiger partial charge in [0.15, 0.2) is 5.82 Å². The van der Waals surface area contributed by atoms with Crippen LogP contribution in [0.25, 0.3) is 0 Å². The number of amides is 2. The Morgan fingerprint density at radius 1 is 1.30 bits per heavy atom. The number of halogens is 1. The lowest BCUT2D eigenvalue weighted by Gasteiger charge is -2.30. The maximum atomic E-state index is 12.3. The fourth-order valence-corrected chi connectivity index (χ4v) is 2.89. The van der Waals surface area contributed by atoms with Crippen LogP contribution in [-0.4, -0.2) is 47.8 Å². The van der Waals surface area contributed by atoms with Crippen molar-refractivity contribution in [3.8, 4) is 5.75 Å². The standard InChI is InChI=1S/C18H23ClN6O2/c1-11-8-23-17(10-22-11)25-18(26)24-14-7-13(19)3-4-16(14)27-12(2)15-9-20-5-6-21-15/h3-4,7-8,10,12,15,20-21H,5-6,9H2,1-2H3,(H2,23,24,25,26)/t12?,15-/m1/s1. The van der Waals surface area contributed by atoms with Crippen molar-refractivity contribution in [2.24, 2.45) is 0 Å². The quantitative estimate of drug-likeness (QED) is 0.625. The van der Waals surface area contributed by atoms with Crippen molar-refractivity contribution in [3.63, 3.8) is 0 Å². The number of ether oxygens (including phenoxy) is 1. The van der Waals surface area contributed by atoms with E-state index in [0.717, 1.165) is 25.3 Å². The van der Waals surface area contributed by atoms with Crippen LogP contribution in [0.2, 0.25) is 5.02 Å². The number of piperazine rings is 1. The van der Waals surface area contributed by atoms with Crippen molar-refractivity contribution in [1.29, 1.82) is 0 Å². The molecule has 4 N–H and O–H groups in total. The van der Waals surface area contributed by atoms with Crippen molar-refractivity contribution in [2.75, 3.05) is 30.3 Å². The van der Waals surface area contributed by atoms with Crippen LogP contribution >= 0.6 is 11.6 Å². The van der Waals surface area contributed by atoms with Gasteiger partial charge >= 0.3 is 6.03 Å². The zero-order valence-electron chi connectivity index (χ0n) is 15.3. The SMILES string of the molecule is Cc1cnc(NC(=O)Nc2cc(Cl)ccc2OC(C)[C@H]2CNCCN2)cn1.